The van der Waals surface area contributed by atoms with Gasteiger partial charge in [-0.25, -0.2) is 9.78 Å². The van der Waals surface area contributed by atoms with Crippen molar-refractivity contribution in [1.29, 1.82) is 5.26 Å². The summed E-state index contributed by atoms with van der Waals surface area (Å²) in [7, 11) is 1.32. The molecule has 2 aromatic heterocycles. The third-order valence-electron chi connectivity index (χ3n) is 6.38. The highest BCUT2D eigenvalue weighted by molar-refractivity contribution is 6.33. The van der Waals surface area contributed by atoms with Gasteiger partial charge < -0.3 is 24.8 Å². The standard InChI is InChI=1S/C25H25ClN4O5/c1-14(15(2)30-12-16(11-27)18(13-30)17-7-5-6-8-19(17)26)25(3,24(33)34)29-23(32)21-22(31)20(35-4)9-10-28-21/h5-10,12-15,31H,1-4H3,(H,29,32)(H,33,34). The zero-order valence-corrected chi connectivity index (χ0v) is 20.4. The second kappa shape index (κ2) is 10.1. The zero-order valence-electron chi connectivity index (χ0n) is 19.6. The van der Waals surface area contributed by atoms with Gasteiger partial charge in [0.25, 0.3) is 5.91 Å². The third-order valence-corrected chi connectivity index (χ3v) is 6.70. The topological polar surface area (TPSA) is 137 Å². The SMILES string of the molecule is COc1ccnc(C(=O)NC(C)(C(=O)O)C(C)C(C)n2cc(C#N)c(-c3ccccc3Cl)c2)c1O. The van der Waals surface area contributed by atoms with Gasteiger partial charge in [-0.2, -0.15) is 5.26 Å². The molecule has 3 unspecified atom stereocenters. The lowest BCUT2D eigenvalue weighted by Gasteiger charge is -2.36. The van der Waals surface area contributed by atoms with Crippen LogP contribution >= 0.6 is 11.6 Å². The Hall–Kier alpha value is -4.03. The number of hydrogen-bond acceptors (Lipinski definition) is 6. The molecule has 0 aliphatic rings. The summed E-state index contributed by atoms with van der Waals surface area (Å²) >= 11 is 6.32. The number of carboxylic acid groups (broad SMARTS) is 1. The van der Waals surface area contributed by atoms with Gasteiger partial charge in [-0.3, -0.25) is 4.79 Å². The number of pyridine rings is 1. The fraction of sp³-hybridized carbons (Fsp3) is 0.280. The summed E-state index contributed by atoms with van der Waals surface area (Å²) in [6.07, 6.45) is 4.64. The number of nitrogens with one attached hydrogen (secondary N) is 1. The summed E-state index contributed by atoms with van der Waals surface area (Å²) in [5, 5.41) is 33.0. The van der Waals surface area contributed by atoms with Crippen LogP contribution in [0, 0.1) is 17.2 Å². The van der Waals surface area contributed by atoms with E-state index in [0.717, 1.165) is 0 Å². The fourth-order valence-corrected chi connectivity index (χ4v) is 4.10. The maximum atomic E-state index is 12.9. The molecule has 0 fully saturated rings. The van der Waals surface area contributed by atoms with Gasteiger partial charge in [0.05, 0.1) is 12.7 Å². The Balaban J connectivity index is 1.95. The molecule has 0 radical (unpaired) electrons. The Kier molecular flexibility index (Phi) is 7.37. The zero-order chi connectivity index (χ0) is 25.9. The van der Waals surface area contributed by atoms with Gasteiger partial charge in [-0.05, 0) is 19.9 Å². The number of rotatable bonds is 8. The number of carboxylic acids is 1. The van der Waals surface area contributed by atoms with E-state index in [2.05, 4.69) is 16.4 Å². The van der Waals surface area contributed by atoms with E-state index in [9.17, 15) is 25.1 Å². The second-order valence-corrected chi connectivity index (χ2v) is 8.73. The number of halogens is 1. The smallest absolute Gasteiger partial charge is 0.329 e. The normalized spacial score (nSPS) is 14.3. The van der Waals surface area contributed by atoms with Crippen LogP contribution in [0.3, 0.4) is 0 Å². The average molecular weight is 497 g/mol. The van der Waals surface area contributed by atoms with Crippen LogP contribution in [0.2, 0.25) is 5.02 Å². The maximum Gasteiger partial charge on any atom is 0.329 e. The molecule has 3 aromatic rings. The molecule has 2 heterocycles. The lowest BCUT2D eigenvalue weighted by Crippen LogP contribution is -2.58. The van der Waals surface area contributed by atoms with E-state index in [-0.39, 0.29) is 11.4 Å². The number of carbonyl (C=O) groups excluding carboxylic acids is 1. The lowest BCUT2D eigenvalue weighted by molar-refractivity contribution is -0.146. The van der Waals surface area contributed by atoms with Crippen molar-refractivity contribution in [2.24, 2.45) is 5.92 Å². The molecule has 3 atom stereocenters. The molecule has 1 amide bonds. The van der Waals surface area contributed by atoms with Crippen LogP contribution in [0.25, 0.3) is 11.1 Å². The van der Waals surface area contributed by atoms with Crippen LogP contribution in [0.1, 0.15) is 42.9 Å². The van der Waals surface area contributed by atoms with Gasteiger partial charge in [-0.1, -0.05) is 36.7 Å². The van der Waals surface area contributed by atoms with E-state index in [1.807, 2.05) is 6.07 Å². The van der Waals surface area contributed by atoms with Gasteiger partial charge in [0.2, 0.25) is 0 Å². The second-order valence-electron chi connectivity index (χ2n) is 8.33. The van der Waals surface area contributed by atoms with Gasteiger partial charge in [0.15, 0.2) is 17.2 Å². The Labute approximate surface area is 207 Å². The Morgan fingerprint density at radius 2 is 1.91 bits per heavy atom. The minimum absolute atomic E-state index is 0.0343. The van der Waals surface area contributed by atoms with Crippen molar-refractivity contribution in [3.05, 3.63) is 65.2 Å². The van der Waals surface area contributed by atoms with Crippen molar-refractivity contribution >= 4 is 23.5 Å². The van der Waals surface area contributed by atoms with Crippen molar-refractivity contribution in [3.8, 4) is 28.7 Å². The van der Waals surface area contributed by atoms with Crippen LogP contribution in [-0.2, 0) is 4.79 Å². The van der Waals surface area contributed by atoms with Crippen LogP contribution in [0.4, 0.5) is 0 Å². The Morgan fingerprint density at radius 3 is 2.51 bits per heavy atom. The van der Waals surface area contributed by atoms with E-state index >= 15 is 0 Å². The molecule has 0 spiro atoms. The Bertz CT molecular complexity index is 1320. The summed E-state index contributed by atoms with van der Waals surface area (Å²) in [6, 6.07) is 10.2. The fourth-order valence-electron chi connectivity index (χ4n) is 3.86. The highest BCUT2D eigenvalue weighted by atomic mass is 35.5. The molecule has 3 rings (SSSR count). The molecule has 0 saturated carbocycles. The number of nitrogens with zero attached hydrogens (tertiary/aromatic N) is 3. The molecule has 35 heavy (non-hydrogen) atoms. The molecular weight excluding hydrogens is 472 g/mol. The molecule has 182 valence electrons. The monoisotopic (exact) mass is 496 g/mol. The van der Waals surface area contributed by atoms with Crippen molar-refractivity contribution in [2.75, 3.05) is 7.11 Å². The number of aromatic hydroxyl groups is 1. The number of amides is 1. The minimum Gasteiger partial charge on any atom is -0.503 e. The summed E-state index contributed by atoms with van der Waals surface area (Å²) in [5.74, 6) is -3.27. The number of methoxy groups -OCH3 is 1. The first-order chi connectivity index (χ1) is 16.5. The van der Waals surface area contributed by atoms with E-state index in [0.29, 0.717) is 21.7 Å². The first-order valence-corrected chi connectivity index (χ1v) is 11.1. The number of carbonyl (C=O) groups is 2. The average Bonchev–Trinajstić information content (AvgIpc) is 3.27. The number of nitriles is 1. The molecule has 0 saturated heterocycles. The highest BCUT2D eigenvalue weighted by Gasteiger charge is 2.44. The minimum atomic E-state index is -1.75. The molecule has 0 aliphatic heterocycles. The van der Waals surface area contributed by atoms with E-state index in [1.54, 1.807) is 49.0 Å². The van der Waals surface area contributed by atoms with Gasteiger partial charge in [0, 0.05) is 52.8 Å². The third kappa shape index (κ3) is 4.79. The van der Waals surface area contributed by atoms with Crippen LogP contribution in [-0.4, -0.2) is 44.3 Å². The van der Waals surface area contributed by atoms with Crippen molar-refractivity contribution in [2.45, 2.75) is 32.4 Å². The summed E-state index contributed by atoms with van der Waals surface area (Å²) in [6.45, 7) is 4.85. The van der Waals surface area contributed by atoms with Gasteiger partial charge in [-0.15, -0.1) is 0 Å². The van der Waals surface area contributed by atoms with Crippen molar-refractivity contribution in [1.82, 2.24) is 14.9 Å². The highest BCUT2D eigenvalue weighted by Crippen LogP contribution is 2.36. The predicted molar refractivity (Wildman–Crippen MR) is 129 cm³/mol. The number of ether oxygens (including phenoxy) is 1. The summed E-state index contributed by atoms with van der Waals surface area (Å²) < 4.78 is 6.73. The van der Waals surface area contributed by atoms with Gasteiger partial charge >= 0.3 is 5.97 Å². The van der Waals surface area contributed by atoms with Crippen LogP contribution in [0.5, 0.6) is 11.5 Å². The Morgan fingerprint density at radius 1 is 1.23 bits per heavy atom. The molecule has 1 aromatic carbocycles. The molecule has 0 bridgehead atoms. The van der Waals surface area contributed by atoms with Gasteiger partial charge in [0.1, 0.15) is 11.6 Å². The number of benzene rings is 1. The first kappa shape index (κ1) is 25.6. The summed E-state index contributed by atoms with van der Waals surface area (Å²) in [5.41, 5.74) is -0.439. The van der Waals surface area contributed by atoms with Crippen LogP contribution < -0.4 is 10.1 Å². The first-order valence-electron chi connectivity index (χ1n) is 10.7. The lowest BCUT2D eigenvalue weighted by atomic mass is 9.81. The largest absolute Gasteiger partial charge is 0.503 e. The van der Waals surface area contributed by atoms with E-state index < -0.39 is 35.1 Å². The molecule has 9 nitrogen and oxygen atoms in total. The molecule has 10 heteroatoms. The van der Waals surface area contributed by atoms with E-state index in [4.69, 9.17) is 16.3 Å². The molecular formula is C25H25ClN4O5. The van der Waals surface area contributed by atoms with Crippen molar-refractivity contribution in [3.63, 3.8) is 0 Å². The summed E-state index contributed by atoms with van der Waals surface area (Å²) in [4.78, 5) is 29.2. The molecule has 0 aliphatic carbocycles. The number of aromatic nitrogens is 2. The van der Waals surface area contributed by atoms with E-state index in [1.165, 1.54) is 26.3 Å². The quantitative estimate of drug-likeness (QED) is 0.423. The number of aliphatic carboxylic acids is 1. The maximum absolute atomic E-state index is 12.9. The predicted octanol–water partition coefficient (Wildman–Crippen LogP) is 4.26. The van der Waals surface area contributed by atoms with Crippen LogP contribution in [0.15, 0.2) is 48.9 Å². The number of hydrogen-bond donors (Lipinski definition) is 3. The van der Waals surface area contributed by atoms with Crippen molar-refractivity contribution < 1.29 is 24.5 Å². The molecule has 3 N–H and O–H groups in total.